The largest absolute Gasteiger partial charge is 0.507 e. The number of rotatable bonds is 7. The molecule has 0 fully saturated rings. The number of amides is 1. The predicted octanol–water partition coefficient (Wildman–Crippen LogP) is 3.17. The summed E-state index contributed by atoms with van der Waals surface area (Å²) >= 11 is 6.58. The lowest BCUT2D eigenvalue weighted by Crippen LogP contribution is -2.25. The number of hydrogen-bond acceptors (Lipinski definition) is 7. The number of nitriles is 1. The molecular formula is C18H16Br2N4O4. The van der Waals surface area contributed by atoms with Crippen LogP contribution in [0.5, 0.6) is 11.6 Å². The van der Waals surface area contributed by atoms with E-state index < -0.39 is 5.91 Å². The first-order valence-electron chi connectivity index (χ1n) is 7.88. The second-order valence-electron chi connectivity index (χ2n) is 5.51. The van der Waals surface area contributed by atoms with E-state index in [1.54, 1.807) is 19.1 Å². The summed E-state index contributed by atoms with van der Waals surface area (Å²) < 4.78 is 11.7. The lowest BCUT2D eigenvalue weighted by molar-refractivity contribution is -0.123. The Labute approximate surface area is 178 Å². The molecule has 0 atom stereocenters. The van der Waals surface area contributed by atoms with Crippen LogP contribution < -0.4 is 10.2 Å². The van der Waals surface area contributed by atoms with Crippen LogP contribution in [0.1, 0.15) is 22.4 Å². The molecule has 2 rings (SSSR count). The van der Waals surface area contributed by atoms with Gasteiger partial charge in [0.25, 0.3) is 5.91 Å². The number of aromatic nitrogens is 1. The number of hydrazone groups is 1. The minimum Gasteiger partial charge on any atom is -0.507 e. The van der Waals surface area contributed by atoms with Crippen LogP contribution in [0.2, 0.25) is 0 Å². The van der Waals surface area contributed by atoms with E-state index in [1.807, 2.05) is 6.07 Å². The minimum atomic E-state index is -0.520. The fourth-order valence-corrected chi connectivity index (χ4v) is 2.96. The van der Waals surface area contributed by atoms with Gasteiger partial charge >= 0.3 is 0 Å². The van der Waals surface area contributed by atoms with Crippen molar-refractivity contribution < 1.29 is 19.4 Å². The summed E-state index contributed by atoms with van der Waals surface area (Å²) in [6.45, 7) is 1.57. The summed E-state index contributed by atoms with van der Waals surface area (Å²) in [7, 11) is 1.52. The van der Waals surface area contributed by atoms with Crippen molar-refractivity contribution in [1.29, 1.82) is 5.26 Å². The third kappa shape index (κ3) is 5.51. The molecule has 1 heterocycles. The normalized spacial score (nSPS) is 10.7. The first-order valence-corrected chi connectivity index (χ1v) is 9.47. The highest BCUT2D eigenvalue weighted by Gasteiger charge is 2.18. The van der Waals surface area contributed by atoms with E-state index in [2.05, 4.69) is 47.4 Å². The number of phenolic OH excluding ortho intramolecular Hbond substituents is 1. The first-order chi connectivity index (χ1) is 13.4. The van der Waals surface area contributed by atoms with Crippen molar-refractivity contribution in [3.8, 4) is 17.7 Å². The van der Waals surface area contributed by atoms with E-state index in [1.165, 1.54) is 19.4 Å². The molecule has 1 amide bonds. The monoisotopic (exact) mass is 510 g/mol. The van der Waals surface area contributed by atoms with Gasteiger partial charge in [0, 0.05) is 17.1 Å². The van der Waals surface area contributed by atoms with Gasteiger partial charge in [-0.2, -0.15) is 10.4 Å². The highest BCUT2D eigenvalue weighted by atomic mass is 79.9. The Kier molecular flexibility index (Phi) is 7.92. The Morgan fingerprint density at radius 2 is 2.21 bits per heavy atom. The molecule has 1 aromatic heterocycles. The summed E-state index contributed by atoms with van der Waals surface area (Å²) in [4.78, 5) is 16.2. The fraction of sp³-hybridized carbons (Fsp3) is 0.222. The van der Waals surface area contributed by atoms with Crippen LogP contribution in [0.3, 0.4) is 0 Å². The maximum absolute atomic E-state index is 11.9. The molecular weight excluding hydrogens is 496 g/mol. The molecule has 0 radical (unpaired) electrons. The fourth-order valence-electron chi connectivity index (χ4n) is 2.16. The van der Waals surface area contributed by atoms with Crippen LogP contribution in [0.15, 0.2) is 32.2 Å². The molecule has 28 heavy (non-hydrogen) atoms. The van der Waals surface area contributed by atoms with E-state index in [9.17, 15) is 15.2 Å². The van der Waals surface area contributed by atoms with Gasteiger partial charge in [-0.3, -0.25) is 4.79 Å². The molecule has 0 aliphatic carbocycles. The number of benzene rings is 1. The van der Waals surface area contributed by atoms with Crippen LogP contribution in [0.4, 0.5) is 0 Å². The Morgan fingerprint density at radius 1 is 1.46 bits per heavy atom. The Balaban J connectivity index is 2.03. The van der Waals surface area contributed by atoms with Crippen LogP contribution in [-0.4, -0.2) is 35.9 Å². The number of methoxy groups -OCH3 is 1. The number of hydrogen-bond donors (Lipinski definition) is 2. The third-order valence-corrected chi connectivity index (χ3v) is 5.17. The van der Waals surface area contributed by atoms with Crippen LogP contribution in [-0.2, 0) is 16.1 Å². The van der Waals surface area contributed by atoms with Gasteiger partial charge in [-0.25, -0.2) is 10.4 Å². The number of aryl methyl sites for hydroxylation is 1. The summed E-state index contributed by atoms with van der Waals surface area (Å²) in [5, 5.41) is 22.7. The van der Waals surface area contributed by atoms with Crippen molar-refractivity contribution in [2.75, 3.05) is 13.7 Å². The molecule has 0 bridgehead atoms. The molecule has 0 aliphatic rings. The van der Waals surface area contributed by atoms with Gasteiger partial charge < -0.3 is 14.6 Å². The zero-order valence-electron chi connectivity index (χ0n) is 15.0. The second kappa shape index (κ2) is 10.2. The van der Waals surface area contributed by atoms with Crippen molar-refractivity contribution in [3.05, 3.63) is 49.5 Å². The number of ether oxygens (including phenoxy) is 2. The Hall–Kier alpha value is -2.48. The molecule has 0 aliphatic heterocycles. The number of phenols is 1. The number of aromatic hydroxyl groups is 1. The van der Waals surface area contributed by atoms with E-state index >= 15 is 0 Å². The number of carbonyl (C=O) groups excluding carboxylic acids is 1. The molecule has 10 heteroatoms. The molecule has 0 saturated carbocycles. The number of pyridine rings is 1. The Morgan fingerprint density at radius 3 is 2.86 bits per heavy atom. The molecule has 0 unspecified atom stereocenters. The number of nitrogens with zero attached hydrogens (tertiary/aromatic N) is 3. The second-order valence-corrected chi connectivity index (χ2v) is 7.15. The Bertz CT molecular complexity index is 958. The van der Waals surface area contributed by atoms with Crippen molar-refractivity contribution in [3.63, 3.8) is 0 Å². The summed E-state index contributed by atoms with van der Waals surface area (Å²) in [6.07, 6.45) is 1.42. The molecule has 0 spiro atoms. The van der Waals surface area contributed by atoms with Gasteiger partial charge in [0.15, 0.2) is 6.61 Å². The molecule has 1 aromatic carbocycles. The highest BCUT2D eigenvalue weighted by Crippen LogP contribution is 2.30. The third-order valence-electron chi connectivity index (χ3n) is 3.48. The lowest BCUT2D eigenvalue weighted by Gasteiger charge is -2.13. The highest BCUT2D eigenvalue weighted by molar-refractivity contribution is 9.10. The van der Waals surface area contributed by atoms with E-state index in [0.29, 0.717) is 25.8 Å². The van der Waals surface area contributed by atoms with Crippen molar-refractivity contribution in [2.24, 2.45) is 5.10 Å². The zero-order valence-corrected chi connectivity index (χ0v) is 18.2. The van der Waals surface area contributed by atoms with Crippen LogP contribution in [0, 0.1) is 18.3 Å². The molecule has 2 N–H and O–H groups in total. The summed E-state index contributed by atoms with van der Waals surface area (Å²) in [5.41, 5.74) is 4.40. The van der Waals surface area contributed by atoms with Gasteiger partial charge in [-0.05, 0) is 62.5 Å². The van der Waals surface area contributed by atoms with Crippen LogP contribution >= 0.6 is 31.9 Å². The quantitative estimate of drug-likeness (QED) is 0.435. The zero-order chi connectivity index (χ0) is 20.7. The van der Waals surface area contributed by atoms with Gasteiger partial charge in [0.05, 0.1) is 23.0 Å². The molecule has 0 saturated heterocycles. The van der Waals surface area contributed by atoms with E-state index in [4.69, 9.17) is 9.47 Å². The SMILES string of the molecule is COCc1c(Br)c(C)nc(OCC(=O)NN=Cc2ccc(O)c(Br)c2)c1C#N. The van der Waals surface area contributed by atoms with Crippen molar-refractivity contribution >= 4 is 44.0 Å². The number of halogens is 2. The van der Waals surface area contributed by atoms with Gasteiger partial charge in [-0.15, -0.1) is 0 Å². The standard InChI is InChI=1S/C18H16Br2N4O4/c1-10-17(20)13(8-27-2)12(6-21)18(23-10)28-9-16(26)24-22-7-11-3-4-15(25)14(19)5-11/h3-5,7,25H,8-9H2,1-2H3,(H,24,26). The van der Waals surface area contributed by atoms with Gasteiger partial charge in [-0.1, -0.05) is 0 Å². The van der Waals surface area contributed by atoms with Gasteiger partial charge in [0.2, 0.25) is 5.88 Å². The van der Waals surface area contributed by atoms with E-state index in [-0.39, 0.29) is 30.4 Å². The average molecular weight is 512 g/mol. The summed E-state index contributed by atoms with van der Waals surface area (Å²) in [6, 6.07) is 6.81. The number of nitrogens with one attached hydrogen (secondary N) is 1. The van der Waals surface area contributed by atoms with Crippen molar-refractivity contribution in [1.82, 2.24) is 10.4 Å². The van der Waals surface area contributed by atoms with Crippen molar-refractivity contribution in [2.45, 2.75) is 13.5 Å². The summed E-state index contributed by atoms with van der Waals surface area (Å²) in [5.74, 6) is -0.362. The van der Waals surface area contributed by atoms with E-state index in [0.717, 1.165) is 0 Å². The maximum atomic E-state index is 11.9. The van der Waals surface area contributed by atoms with Crippen LogP contribution in [0.25, 0.3) is 0 Å². The number of carbonyl (C=O) groups is 1. The predicted molar refractivity (Wildman–Crippen MR) is 109 cm³/mol. The average Bonchev–Trinajstić information content (AvgIpc) is 2.67. The maximum Gasteiger partial charge on any atom is 0.278 e. The molecule has 2 aromatic rings. The smallest absolute Gasteiger partial charge is 0.278 e. The molecule has 8 nitrogen and oxygen atoms in total. The van der Waals surface area contributed by atoms with Gasteiger partial charge in [0.1, 0.15) is 17.4 Å². The topological polar surface area (TPSA) is 117 Å². The molecule has 146 valence electrons. The first kappa shape index (κ1) is 21.8. The minimum absolute atomic E-state index is 0.0526. The lowest BCUT2D eigenvalue weighted by atomic mass is 10.1.